The van der Waals surface area contributed by atoms with Gasteiger partial charge in [-0.1, -0.05) is 6.92 Å². The Bertz CT molecular complexity index is 884. The van der Waals surface area contributed by atoms with Crippen LogP contribution >= 0.6 is 0 Å². The Kier molecular flexibility index (Phi) is 5.85. The third-order valence-electron chi connectivity index (χ3n) is 5.27. The molecule has 0 spiro atoms. The van der Waals surface area contributed by atoms with E-state index >= 15 is 0 Å². The lowest BCUT2D eigenvalue weighted by molar-refractivity contribution is -0.140. The maximum atomic E-state index is 13.5. The van der Waals surface area contributed by atoms with Gasteiger partial charge in [0.2, 0.25) is 0 Å². The second kappa shape index (κ2) is 7.77. The number of hydrogen-bond donors (Lipinski definition) is 0. The van der Waals surface area contributed by atoms with E-state index in [1.54, 1.807) is 6.92 Å². The molecule has 3 rings (SSSR count). The summed E-state index contributed by atoms with van der Waals surface area (Å²) < 4.78 is 88.5. The quantitative estimate of drug-likeness (QED) is 0.477. The molecule has 3 unspecified atom stereocenters. The predicted molar refractivity (Wildman–Crippen MR) is 92.5 cm³/mol. The van der Waals surface area contributed by atoms with Crippen LogP contribution in [0.5, 0.6) is 5.75 Å². The summed E-state index contributed by atoms with van der Waals surface area (Å²) in [5.41, 5.74) is -2.19. The lowest BCUT2D eigenvalue weighted by Gasteiger charge is -2.36. The molecule has 2 bridgehead atoms. The van der Waals surface area contributed by atoms with Crippen LogP contribution in [-0.2, 0) is 25.8 Å². The molecule has 2 heterocycles. The lowest BCUT2D eigenvalue weighted by Crippen LogP contribution is -2.45. The minimum Gasteiger partial charge on any atom is -0.748 e. The van der Waals surface area contributed by atoms with Crippen molar-refractivity contribution in [2.45, 2.75) is 56.6 Å². The van der Waals surface area contributed by atoms with Crippen molar-refractivity contribution in [2.24, 2.45) is 0 Å². The van der Waals surface area contributed by atoms with Crippen LogP contribution in [0.4, 0.5) is 13.2 Å². The van der Waals surface area contributed by atoms with Gasteiger partial charge in [0.15, 0.2) is 0 Å². The number of benzene rings is 1. The Balaban J connectivity index is 1.86. The Labute approximate surface area is 165 Å². The molecule has 0 amide bonds. The molecular weight excluding hydrogens is 417 g/mol. The maximum absolute atomic E-state index is 13.5. The molecule has 1 aromatic carbocycles. The van der Waals surface area contributed by atoms with Gasteiger partial charge >= 0.3 is 12.1 Å². The van der Waals surface area contributed by atoms with Crippen LogP contribution in [0, 0.1) is 0 Å². The molecule has 3 atom stereocenters. The van der Waals surface area contributed by atoms with Gasteiger partial charge in [0.05, 0.1) is 39.2 Å². The van der Waals surface area contributed by atoms with E-state index in [0.29, 0.717) is 25.3 Å². The fraction of sp³-hybridized carbons (Fsp3) is 0.611. The maximum Gasteiger partial charge on any atom is 0.419 e. The van der Waals surface area contributed by atoms with Gasteiger partial charge in [0.25, 0.3) is 0 Å². The summed E-state index contributed by atoms with van der Waals surface area (Å²) in [5, 5.41) is 0. The van der Waals surface area contributed by atoms with Gasteiger partial charge < -0.3 is 18.8 Å². The summed E-state index contributed by atoms with van der Waals surface area (Å²) in [4.78, 5) is 12.1. The minimum atomic E-state index is -4.71. The first-order valence-corrected chi connectivity index (χ1v) is 10.7. The highest BCUT2D eigenvalue weighted by atomic mass is 32.2. The van der Waals surface area contributed by atoms with Crippen molar-refractivity contribution in [1.29, 1.82) is 0 Å². The van der Waals surface area contributed by atoms with Crippen LogP contribution in [0.15, 0.2) is 18.2 Å². The van der Waals surface area contributed by atoms with E-state index in [1.165, 1.54) is 0 Å². The van der Waals surface area contributed by atoms with Crippen molar-refractivity contribution >= 4 is 16.1 Å². The van der Waals surface area contributed by atoms with Crippen LogP contribution in [0.1, 0.15) is 48.5 Å². The number of alkyl halides is 3. The van der Waals surface area contributed by atoms with Crippen molar-refractivity contribution in [3.8, 4) is 5.75 Å². The largest absolute Gasteiger partial charge is 0.748 e. The van der Waals surface area contributed by atoms with Gasteiger partial charge in [-0.05, 0) is 37.5 Å². The highest BCUT2D eigenvalue weighted by molar-refractivity contribution is 7.85. The van der Waals surface area contributed by atoms with Gasteiger partial charge in [-0.2, -0.15) is 13.2 Å². The molecule has 2 aliphatic heterocycles. The molecule has 0 radical (unpaired) electrons. The third kappa shape index (κ3) is 4.84. The second-order valence-corrected chi connectivity index (χ2v) is 8.68. The molecule has 0 aromatic heterocycles. The van der Waals surface area contributed by atoms with Crippen LogP contribution < -0.4 is 4.74 Å². The minimum absolute atomic E-state index is 0.0588. The second-order valence-electron chi connectivity index (χ2n) is 7.16. The zero-order chi connectivity index (χ0) is 21.4. The van der Waals surface area contributed by atoms with Gasteiger partial charge in [-0.25, -0.2) is 13.2 Å². The van der Waals surface area contributed by atoms with E-state index in [2.05, 4.69) is 4.74 Å². The zero-order valence-corrected chi connectivity index (χ0v) is 16.3. The van der Waals surface area contributed by atoms with Crippen molar-refractivity contribution in [3.63, 3.8) is 0 Å². The van der Waals surface area contributed by atoms with Gasteiger partial charge in [0, 0.05) is 6.42 Å². The average Bonchev–Trinajstić information content (AvgIpc) is 3.21. The first kappa shape index (κ1) is 21.8. The molecule has 29 heavy (non-hydrogen) atoms. The molecule has 0 saturated carbocycles. The Hall–Kier alpha value is -1.85. The molecule has 7 nitrogen and oxygen atoms in total. The van der Waals surface area contributed by atoms with Crippen LogP contribution in [0.2, 0.25) is 0 Å². The highest BCUT2D eigenvalue weighted by Crippen LogP contribution is 2.48. The van der Waals surface area contributed by atoms with Crippen molar-refractivity contribution < 1.29 is 45.1 Å². The number of rotatable bonds is 7. The third-order valence-corrected chi connectivity index (χ3v) is 5.94. The number of fused-ring (bicyclic) bond motifs is 2. The van der Waals surface area contributed by atoms with E-state index < -0.39 is 51.5 Å². The lowest BCUT2D eigenvalue weighted by atomic mass is 9.82. The standard InChI is InChI=1S/C18H21F3O7S/c1-2-17(10-12-4-6-15(17)27-12)28-14-9-11(3-5-13(14)18(19,20)21)16(22)26-7-8-29(23,24)25/h3,5,9,12,15H,2,4,6-8,10H2,1H3,(H,23,24,25)/p-1. The summed E-state index contributed by atoms with van der Waals surface area (Å²) in [5.74, 6) is -2.49. The summed E-state index contributed by atoms with van der Waals surface area (Å²) in [6, 6.07) is 2.56. The molecular formula is C18H20F3O7S-. The summed E-state index contributed by atoms with van der Waals surface area (Å²) in [6.45, 7) is 1.11. The molecule has 0 N–H and O–H groups in total. The van der Waals surface area contributed by atoms with Crippen molar-refractivity contribution in [1.82, 2.24) is 0 Å². The van der Waals surface area contributed by atoms with E-state index in [1.807, 2.05) is 0 Å². The summed E-state index contributed by atoms with van der Waals surface area (Å²) >= 11 is 0. The SMILES string of the molecule is CCC1(Oc2cc(C(=O)OCCS(=O)(=O)[O-])ccc2C(F)(F)F)CC2CCC1O2. The Morgan fingerprint density at radius 2 is 2.07 bits per heavy atom. The zero-order valence-electron chi connectivity index (χ0n) is 15.5. The van der Waals surface area contributed by atoms with Crippen LogP contribution in [0.3, 0.4) is 0 Å². The molecule has 2 saturated heterocycles. The number of carbonyl (C=O) groups excluding carboxylic acids is 1. The fourth-order valence-electron chi connectivity index (χ4n) is 3.82. The molecule has 162 valence electrons. The first-order chi connectivity index (χ1) is 13.4. The number of hydrogen-bond acceptors (Lipinski definition) is 7. The summed E-state index contributed by atoms with van der Waals surface area (Å²) in [7, 11) is -4.58. The highest BCUT2D eigenvalue weighted by Gasteiger charge is 2.54. The number of ether oxygens (including phenoxy) is 3. The van der Waals surface area contributed by atoms with Crippen molar-refractivity contribution in [2.75, 3.05) is 12.4 Å². The number of carbonyl (C=O) groups is 1. The molecule has 0 aliphatic carbocycles. The molecule has 11 heteroatoms. The topological polar surface area (TPSA) is 102 Å². The van der Waals surface area contributed by atoms with E-state index in [9.17, 15) is 30.9 Å². The fourth-order valence-corrected chi connectivity index (χ4v) is 4.11. The molecule has 2 fully saturated rings. The van der Waals surface area contributed by atoms with Crippen LogP contribution in [-0.4, -0.2) is 49.1 Å². The first-order valence-electron chi connectivity index (χ1n) is 9.10. The Morgan fingerprint density at radius 1 is 1.34 bits per heavy atom. The summed E-state index contributed by atoms with van der Waals surface area (Å²) in [6.07, 6.45) is -2.68. The smallest absolute Gasteiger partial charge is 0.419 e. The van der Waals surface area contributed by atoms with E-state index in [0.717, 1.165) is 18.6 Å². The normalized spacial score (nSPS) is 26.5. The monoisotopic (exact) mass is 437 g/mol. The van der Waals surface area contributed by atoms with Gasteiger partial charge in [-0.15, -0.1) is 0 Å². The Morgan fingerprint density at radius 3 is 2.59 bits per heavy atom. The van der Waals surface area contributed by atoms with Gasteiger partial charge in [-0.3, -0.25) is 0 Å². The average molecular weight is 437 g/mol. The molecule has 1 aromatic rings. The van der Waals surface area contributed by atoms with Gasteiger partial charge in [0.1, 0.15) is 18.0 Å². The number of halogens is 3. The number of esters is 1. The molecule has 2 aliphatic rings. The van der Waals surface area contributed by atoms with Crippen molar-refractivity contribution in [3.05, 3.63) is 29.3 Å². The van der Waals surface area contributed by atoms with Crippen LogP contribution in [0.25, 0.3) is 0 Å². The van der Waals surface area contributed by atoms with E-state index in [-0.39, 0.29) is 17.8 Å². The predicted octanol–water partition coefficient (Wildman–Crippen LogP) is 2.89. The van der Waals surface area contributed by atoms with E-state index in [4.69, 9.17) is 9.47 Å².